The van der Waals surface area contributed by atoms with E-state index in [1.807, 2.05) is 47.4 Å². The zero-order valence-electron chi connectivity index (χ0n) is 14.3. The average molecular weight is 336 g/mol. The maximum Gasteiger partial charge on any atom is 0.224 e. The number of aliphatic hydroxyl groups is 1. The van der Waals surface area contributed by atoms with Crippen LogP contribution in [0.2, 0.25) is 0 Å². The maximum absolute atomic E-state index is 12.7. The molecule has 4 heteroatoms. The van der Waals surface area contributed by atoms with Crippen molar-refractivity contribution in [2.75, 3.05) is 18.0 Å². The second-order valence-corrected chi connectivity index (χ2v) is 6.36. The first-order valence-corrected chi connectivity index (χ1v) is 8.62. The molecule has 1 aliphatic rings. The van der Waals surface area contributed by atoms with Gasteiger partial charge in [-0.05, 0) is 17.2 Å². The topological polar surface area (TPSA) is 43.8 Å². The van der Waals surface area contributed by atoms with Gasteiger partial charge in [-0.1, -0.05) is 54.6 Å². The van der Waals surface area contributed by atoms with Crippen molar-refractivity contribution in [3.8, 4) is 0 Å². The van der Waals surface area contributed by atoms with Gasteiger partial charge in [0.15, 0.2) is 0 Å². The molecule has 0 spiro atoms. The van der Waals surface area contributed by atoms with Crippen molar-refractivity contribution in [1.82, 2.24) is 4.90 Å². The Labute approximate surface area is 149 Å². The van der Waals surface area contributed by atoms with Gasteiger partial charge in [-0.2, -0.15) is 0 Å². The predicted molar refractivity (Wildman–Crippen MR) is 100 cm³/mol. The molecule has 1 aliphatic heterocycles. The van der Waals surface area contributed by atoms with E-state index in [9.17, 15) is 9.90 Å². The van der Waals surface area contributed by atoms with Crippen LogP contribution in [-0.4, -0.2) is 35.1 Å². The Morgan fingerprint density at radius 1 is 1.08 bits per heavy atom. The van der Waals surface area contributed by atoms with E-state index in [1.165, 1.54) is 6.08 Å². The maximum atomic E-state index is 12.7. The highest BCUT2D eigenvalue weighted by Crippen LogP contribution is 2.26. The molecule has 25 heavy (non-hydrogen) atoms. The van der Waals surface area contributed by atoms with Crippen molar-refractivity contribution < 1.29 is 9.90 Å². The van der Waals surface area contributed by atoms with Crippen molar-refractivity contribution in [2.45, 2.75) is 25.6 Å². The third-order valence-corrected chi connectivity index (χ3v) is 4.54. The molecule has 4 nitrogen and oxygen atoms in total. The number of hydrogen-bond donors (Lipinski definition) is 1. The van der Waals surface area contributed by atoms with E-state index < -0.39 is 6.10 Å². The number of hydrogen-bond acceptors (Lipinski definition) is 3. The Balaban J connectivity index is 1.86. The first kappa shape index (κ1) is 17.2. The monoisotopic (exact) mass is 336 g/mol. The van der Waals surface area contributed by atoms with Crippen LogP contribution in [0.4, 0.5) is 5.69 Å². The smallest absolute Gasteiger partial charge is 0.224 e. The number of anilines is 1. The fourth-order valence-electron chi connectivity index (χ4n) is 3.19. The molecule has 2 aromatic rings. The standard InChI is InChI=1S/C21H24N2O2/c1-2-19(24)16-22-13-12-21(25)23(14-17-8-4-3-5-9-17)15-18-10-6-7-11-20(18)22/h2-11,19,24H,1,12-16H2. The molecule has 0 saturated carbocycles. The molecule has 0 radical (unpaired) electrons. The summed E-state index contributed by atoms with van der Waals surface area (Å²) in [4.78, 5) is 16.7. The third-order valence-electron chi connectivity index (χ3n) is 4.54. The van der Waals surface area contributed by atoms with Gasteiger partial charge in [-0.3, -0.25) is 4.79 Å². The molecule has 0 aromatic heterocycles. The molecule has 0 aliphatic carbocycles. The molecule has 1 amide bonds. The lowest BCUT2D eigenvalue weighted by Crippen LogP contribution is -2.40. The molecular formula is C21H24N2O2. The molecule has 0 fully saturated rings. The minimum atomic E-state index is -0.608. The molecule has 1 atom stereocenters. The highest BCUT2D eigenvalue weighted by molar-refractivity contribution is 5.78. The van der Waals surface area contributed by atoms with Crippen molar-refractivity contribution in [3.05, 3.63) is 78.4 Å². The quantitative estimate of drug-likeness (QED) is 0.854. The van der Waals surface area contributed by atoms with Gasteiger partial charge in [0.25, 0.3) is 0 Å². The molecular weight excluding hydrogens is 312 g/mol. The summed E-state index contributed by atoms with van der Waals surface area (Å²) in [5.74, 6) is 0.136. The second-order valence-electron chi connectivity index (χ2n) is 6.36. The number of β-amino-alcohol motifs (C(OH)–C–C–N with tert-alkyl or cyclic N) is 1. The number of aliphatic hydroxyl groups excluding tert-OH is 1. The molecule has 0 saturated heterocycles. The summed E-state index contributed by atoms with van der Waals surface area (Å²) >= 11 is 0. The molecule has 3 rings (SSSR count). The van der Waals surface area contributed by atoms with Crippen molar-refractivity contribution in [2.24, 2.45) is 0 Å². The Hall–Kier alpha value is -2.59. The van der Waals surface area contributed by atoms with Gasteiger partial charge < -0.3 is 14.9 Å². The summed E-state index contributed by atoms with van der Waals surface area (Å²) in [6, 6.07) is 18.2. The van der Waals surface area contributed by atoms with Crippen LogP contribution in [0, 0.1) is 0 Å². The number of rotatable bonds is 5. The van der Waals surface area contributed by atoms with Crippen molar-refractivity contribution >= 4 is 11.6 Å². The van der Waals surface area contributed by atoms with Crippen LogP contribution in [0.15, 0.2) is 67.3 Å². The number of carbonyl (C=O) groups excluding carboxylic acids is 1. The summed E-state index contributed by atoms with van der Waals surface area (Å²) in [5.41, 5.74) is 3.31. The molecule has 0 bridgehead atoms. The summed E-state index contributed by atoms with van der Waals surface area (Å²) in [6.45, 7) is 5.87. The summed E-state index contributed by atoms with van der Waals surface area (Å²) < 4.78 is 0. The lowest BCUT2D eigenvalue weighted by Gasteiger charge is -2.34. The SMILES string of the molecule is C=CC(O)CN1CCC(=O)N(Cc2ccccc2)Cc2ccccc21. The van der Waals surface area contributed by atoms with Gasteiger partial charge in [0.2, 0.25) is 5.91 Å². The minimum Gasteiger partial charge on any atom is -0.387 e. The van der Waals surface area contributed by atoms with E-state index >= 15 is 0 Å². The molecule has 130 valence electrons. The molecule has 2 aromatic carbocycles. The number of carbonyl (C=O) groups is 1. The van der Waals surface area contributed by atoms with Gasteiger partial charge in [0.05, 0.1) is 6.10 Å². The largest absolute Gasteiger partial charge is 0.387 e. The summed E-state index contributed by atoms with van der Waals surface area (Å²) in [6.07, 6.45) is 1.36. The van der Waals surface area contributed by atoms with Crippen LogP contribution in [0.5, 0.6) is 0 Å². The molecule has 1 heterocycles. The van der Waals surface area contributed by atoms with E-state index in [1.54, 1.807) is 0 Å². The van der Waals surface area contributed by atoms with Crippen LogP contribution < -0.4 is 4.90 Å². The fraction of sp³-hybridized carbons (Fsp3) is 0.286. The molecule has 1 unspecified atom stereocenters. The minimum absolute atomic E-state index is 0.136. The zero-order valence-corrected chi connectivity index (χ0v) is 14.3. The van der Waals surface area contributed by atoms with Gasteiger partial charge >= 0.3 is 0 Å². The highest BCUT2D eigenvalue weighted by Gasteiger charge is 2.23. The number of amides is 1. The average Bonchev–Trinajstić information content (AvgIpc) is 2.64. The second kappa shape index (κ2) is 7.99. The predicted octanol–water partition coefficient (Wildman–Crippen LogP) is 2.97. The number of fused-ring (bicyclic) bond motifs is 1. The highest BCUT2D eigenvalue weighted by atomic mass is 16.3. The Kier molecular flexibility index (Phi) is 5.51. The van der Waals surface area contributed by atoms with Crippen LogP contribution in [-0.2, 0) is 17.9 Å². The van der Waals surface area contributed by atoms with Crippen LogP contribution in [0.1, 0.15) is 17.5 Å². The normalized spacial score (nSPS) is 16.0. The first-order chi connectivity index (χ1) is 12.2. The van der Waals surface area contributed by atoms with E-state index in [4.69, 9.17) is 0 Å². The van der Waals surface area contributed by atoms with Gasteiger partial charge in [0, 0.05) is 38.3 Å². The van der Waals surface area contributed by atoms with Crippen molar-refractivity contribution in [3.63, 3.8) is 0 Å². The zero-order chi connectivity index (χ0) is 17.6. The van der Waals surface area contributed by atoms with E-state index in [0.29, 0.717) is 32.6 Å². The Morgan fingerprint density at radius 3 is 2.56 bits per heavy atom. The first-order valence-electron chi connectivity index (χ1n) is 8.62. The number of para-hydroxylation sites is 1. The van der Waals surface area contributed by atoms with E-state index in [0.717, 1.165) is 16.8 Å². The Bertz CT molecular complexity index is 730. The molecule has 1 N–H and O–H groups in total. The lowest BCUT2D eigenvalue weighted by atomic mass is 10.1. The number of nitrogens with zero attached hydrogens (tertiary/aromatic N) is 2. The van der Waals surface area contributed by atoms with E-state index in [-0.39, 0.29) is 5.91 Å². The lowest BCUT2D eigenvalue weighted by molar-refractivity contribution is -0.132. The Morgan fingerprint density at radius 2 is 1.80 bits per heavy atom. The summed E-state index contributed by atoms with van der Waals surface area (Å²) in [5, 5.41) is 9.96. The van der Waals surface area contributed by atoms with Crippen LogP contribution in [0.3, 0.4) is 0 Å². The van der Waals surface area contributed by atoms with Crippen molar-refractivity contribution in [1.29, 1.82) is 0 Å². The third kappa shape index (κ3) is 4.28. The van der Waals surface area contributed by atoms with Gasteiger partial charge in [0.1, 0.15) is 0 Å². The van der Waals surface area contributed by atoms with Crippen LogP contribution in [0.25, 0.3) is 0 Å². The number of benzene rings is 2. The van der Waals surface area contributed by atoms with Crippen LogP contribution >= 0.6 is 0 Å². The van der Waals surface area contributed by atoms with Gasteiger partial charge in [-0.15, -0.1) is 6.58 Å². The van der Waals surface area contributed by atoms with E-state index in [2.05, 4.69) is 23.6 Å². The summed E-state index contributed by atoms with van der Waals surface area (Å²) in [7, 11) is 0. The fourth-order valence-corrected chi connectivity index (χ4v) is 3.19. The van der Waals surface area contributed by atoms with Gasteiger partial charge in [-0.25, -0.2) is 0 Å².